The van der Waals surface area contributed by atoms with Crippen molar-refractivity contribution >= 4 is 12.1 Å². The highest BCUT2D eigenvalue weighted by molar-refractivity contribution is 7.95. The second-order valence-corrected chi connectivity index (χ2v) is 4.15. The summed E-state index contributed by atoms with van der Waals surface area (Å²) in [5, 5.41) is 0. The molecule has 0 amide bonds. The number of hydrogen-bond acceptors (Lipinski definition) is 4. The number of hydroxylamine groups is 1. The van der Waals surface area contributed by atoms with Crippen molar-refractivity contribution in [1.82, 2.24) is 9.19 Å². The molecular formula is C10H10N2OS. The first kappa shape index (κ1) is 8.35. The van der Waals surface area contributed by atoms with E-state index in [4.69, 9.17) is 4.84 Å². The van der Waals surface area contributed by atoms with Crippen molar-refractivity contribution in [3.63, 3.8) is 0 Å². The van der Waals surface area contributed by atoms with Gasteiger partial charge in [0.05, 0.1) is 12.1 Å². The second-order valence-electron chi connectivity index (χ2n) is 3.43. The molecule has 2 aliphatic rings. The maximum absolute atomic E-state index is 5.58. The van der Waals surface area contributed by atoms with Crippen LogP contribution < -0.4 is 4.72 Å². The first-order valence-corrected chi connectivity index (χ1v) is 5.26. The van der Waals surface area contributed by atoms with Crippen molar-refractivity contribution in [1.29, 1.82) is 0 Å². The Bertz CT molecular complexity index is 392. The first-order chi connectivity index (χ1) is 6.81. The summed E-state index contributed by atoms with van der Waals surface area (Å²) in [7, 11) is 0. The lowest BCUT2D eigenvalue weighted by Gasteiger charge is -2.15. The zero-order valence-electron chi connectivity index (χ0n) is 7.73. The van der Waals surface area contributed by atoms with Gasteiger partial charge in [-0.3, -0.25) is 0 Å². The molecule has 3 rings (SSSR count). The molecule has 72 valence electrons. The molecule has 2 heterocycles. The molecular weight excluding hydrogens is 196 g/mol. The maximum atomic E-state index is 5.58. The van der Waals surface area contributed by atoms with Crippen LogP contribution in [0, 0.1) is 0 Å². The normalized spacial score (nSPS) is 34.1. The van der Waals surface area contributed by atoms with Crippen molar-refractivity contribution in [3.05, 3.63) is 47.7 Å². The fraction of sp³-hybridized carbons (Fsp3) is 0.200. The van der Waals surface area contributed by atoms with Crippen molar-refractivity contribution in [2.75, 3.05) is 0 Å². The molecule has 14 heavy (non-hydrogen) atoms. The lowest BCUT2D eigenvalue weighted by Crippen LogP contribution is -2.20. The zero-order chi connectivity index (χ0) is 9.60. The van der Waals surface area contributed by atoms with Crippen LogP contribution in [-0.2, 0) is 10.6 Å². The van der Waals surface area contributed by atoms with Gasteiger partial charge in [-0.1, -0.05) is 34.8 Å². The van der Waals surface area contributed by atoms with Gasteiger partial charge in [-0.15, -0.1) is 0 Å². The Hall–Kier alpha value is -0.970. The Balaban J connectivity index is 2.04. The summed E-state index contributed by atoms with van der Waals surface area (Å²) in [4.78, 5) is 5.58. The molecule has 0 aromatic heterocycles. The van der Waals surface area contributed by atoms with Crippen LogP contribution in [0.2, 0.25) is 0 Å². The van der Waals surface area contributed by atoms with Crippen molar-refractivity contribution in [3.8, 4) is 0 Å². The molecule has 2 aliphatic heterocycles. The third-order valence-electron chi connectivity index (χ3n) is 2.35. The van der Waals surface area contributed by atoms with Crippen LogP contribution in [0.25, 0.3) is 0 Å². The maximum Gasteiger partial charge on any atom is 0.224 e. The van der Waals surface area contributed by atoms with Gasteiger partial charge < -0.3 is 4.72 Å². The van der Waals surface area contributed by atoms with Gasteiger partial charge in [-0.2, -0.15) is 0 Å². The molecule has 4 heteroatoms. The largest absolute Gasteiger partial charge is 0.319 e. The second kappa shape index (κ2) is 2.76. The highest BCUT2D eigenvalue weighted by Gasteiger charge is 2.58. The van der Waals surface area contributed by atoms with Gasteiger partial charge in [-0.05, 0) is 13.0 Å². The summed E-state index contributed by atoms with van der Waals surface area (Å²) in [5.41, 5.74) is 1.99. The smallest absolute Gasteiger partial charge is 0.224 e. The predicted octanol–water partition coefficient (Wildman–Crippen LogP) is 2.16. The summed E-state index contributed by atoms with van der Waals surface area (Å²) in [5.74, 6) is 0. The average Bonchev–Trinajstić information content (AvgIpc) is 2.94. The fourth-order valence-corrected chi connectivity index (χ4v) is 2.36. The number of fused-ring (bicyclic) bond motifs is 1. The fourth-order valence-electron chi connectivity index (χ4n) is 1.63. The molecule has 1 aromatic carbocycles. The topological polar surface area (TPSA) is 27.6 Å². The Morgan fingerprint density at radius 3 is 2.93 bits per heavy atom. The third kappa shape index (κ3) is 1.08. The number of rotatable bonds is 1. The summed E-state index contributed by atoms with van der Waals surface area (Å²) >= 11 is 1.49. The summed E-state index contributed by atoms with van der Waals surface area (Å²) < 4.78 is 5.00. The minimum absolute atomic E-state index is 0.318. The molecule has 3 nitrogen and oxygen atoms in total. The third-order valence-corrected chi connectivity index (χ3v) is 3.27. The zero-order valence-corrected chi connectivity index (χ0v) is 8.54. The van der Waals surface area contributed by atoms with Crippen LogP contribution >= 0.6 is 12.1 Å². The molecule has 0 aliphatic carbocycles. The van der Waals surface area contributed by atoms with E-state index in [0.29, 0.717) is 0 Å². The Kier molecular flexibility index (Phi) is 1.65. The van der Waals surface area contributed by atoms with E-state index in [-0.39, 0.29) is 5.72 Å². The lowest BCUT2D eigenvalue weighted by atomic mass is 10.0. The van der Waals surface area contributed by atoms with Gasteiger partial charge in [0.25, 0.3) is 0 Å². The van der Waals surface area contributed by atoms with E-state index >= 15 is 0 Å². The SMILES string of the molecule is CC1=CC2(c3ccccc3)ON2SN1. The molecule has 1 aromatic rings. The van der Waals surface area contributed by atoms with Gasteiger partial charge >= 0.3 is 0 Å². The molecule has 1 N–H and O–H groups in total. The molecule has 0 bridgehead atoms. The van der Waals surface area contributed by atoms with Crippen molar-refractivity contribution < 1.29 is 4.84 Å². The molecule has 0 spiro atoms. The molecule has 2 atom stereocenters. The molecule has 1 fully saturated rings. The van der Waals surface area contributed by atoms with E-state index < -0.39 is 0 Å². The number of hydrogen-bond donors (Lipinski definition) is 1. The van der Waals surface area contributed by atoms with Crippen LogP contribution in [0.4, 0.5) is 0 Å². The highest BCUT2D eigenvalue weighted by Crippen LogP contribution is 2.52. The van der Waals surface area contributed by atoms with Crippen LogP contribution in [0.5, 0.6) is 0 Å². The minimum atomic E-state index is -0.318. The van der Waals surface area contributed by atoms with Crippen LogP contribution in [-0.4, -0.2) is 4.47 Å². The van der Waals surface area contributed by atoms with E-state index in [1.54, 1.807) is 0 Å². The summed E-state index contributed by atoms with van der Waals surface area (Å²) in [6.45, 7) is 2.04. The van der Waals surface area contributed by atoms with E-state index in [1.165, 1.54) is 17.7 Å². The highest BCUT2D eigenvalue weighted by atomic mass is 32.2. The lowest BCUT2D eigenvalue weighted by molar-refractivity contribution is 0.283. The molecule has 1 saturated heterocycles. The van der Waals surface area contributed by atoms with E-state index in [0.717, 1.165) is 5.70 Å². The van der Waals surface area contributed by atoms with Crippen molar-refractivity contribution in [2.45, 2.75) is 12.6 Å². The van der Waals surface area contributed by atoms with Gasteiger partial charge in [-0.25, -0.2) is 4.84 Å². The Labute approximate surface area is 87.0 Å². The van der Waals surface area contributed by atoms with Crippen molar-refractivity contribution in [2.24, 2.45) is 0 Å². The van der Waals surface area contributed by atoms with Crippen LogP contribution in [0.1, 0.15) is 12.5 Å². The predicted molar refractivity (Wildman–Crippen MR) is 55.5 cm³/mol. The van der Waals surface area contributed by atoms with Gasteiger partial charge in [0.1, 0.15) is 0 Å². The molecule has 0 radical (unpaired) electrons. The monoisotopic (exact) mass is 206 g/mol. The Morgan fingerprint density at radius 1 is 1.36 bits per heavy atom. The van der Waals surface area contributed by atoms with Crippen LogP contribution in [0.15, 0.2) is 42.1 Å². The van der Waals surface area contributed by atoms with E-state index in [2.05, 4.69) is 22.9 Å². The number of allylic oxidation sites excluding steroid dienone is 1. The average molecular weight is 206 g/mol. The van der Waals surface area contributed by atoms with Gasteiger partial charge in [0.15, 0.2) is 0 Å². The standard InChI is InChI=1S/C10H10N2OS/c1-8-7-10(12(13-10)14-11-8)9-5-3-2-4-6-9/h2-7,11H,1H3. The number of nitrogens with zero attached hydrogens (tertiary/aromatic N) is 1. The number of nitrogens with one attached hydrogen (secondary N) is 1. The van der Waals surface area contributed by atoms with E-state index in [1.807, 2.05) is 29.6 Å². The van der Waals surface area contributed by atoms with Gasteiger partial charge in [0.2, 0.25) is 5.72 Å². The molecule has 2 unspecified atom stereocenters. The minimum Gasteiger partial charge on any atom is -0.319 e. The summed E-state index contributed by atoms with van der Waals surface area (Å²) in [6, 6.07) is 10.2. The quantitative estimate of drug-likeness (QED) is 0.563. The number of benzene rings is 1. The van der Waals surface area contributed by atoms with E-state index in [9.17, 15) is 0 Å². The molecule has 0 saturated carbocycles. The van der Waals surface area contributed by atoms with Gasteiger partial charge in [0, 0.05) is 11.3 Å². The van der Waals surface area contributed by atoms with Crippen LogP contribution in [0.3, 0.4) is 0 Å². The Morgan fingerprint density at radius 2 is 2.14 bits per heavy atom. The first-order valence-electron chi connectivity index (χ1n) is 4.49. The summed E-state index contributed by atoms with van der Waals surface area (Å²) in [6.07, 6.45) is 2.10.